The third kappa shape index (κ3) is 2.67. The van der Waals surface area contributed by atoms with Crippen LogP contribution in [0.25, 0.3) is 0 Å². The number of rotatable bonds is 4. The van der Waals surface area contributed by atoms with E-state index in [0.717, 1.165) is 23.6 Å². The molecular formula is C11H22N2O4S. The van der Waals surface area contributed by atoms with E-state index in [-0.39, 0.29) is 6.04 Å². The lowest BCUT2D eigenvalue weighted by Gasteiger charge is -2.39. The summed E-state index contributed by atoms with van der Waals surface area (Å²) in [7, 11) is -2.40. The highest BCUT2D eigenvalue weighted by atomic mass is 32.2. The van der Waals surface area contributed by atoms with E-state index in [0.29, 0.717) is 6.54 Å². The van der Waals surface area contributed by atoms with Gasteiger partial charge in [-0.15, -0.1) is 0 Å². The molecule has 0 aromatic heterocycles. The van der Waals surface area contributed by atoms with E-state index in [1.807, 2.05) is 6.92 Å². The number of carbonyl (C=O) groups is 1. The molecule has 1 aliphatic rings. The molecule has 1 aliphatic heterocycles. The number of hydrogen-bond acceptors (Lipinski definition) is 3. The fourth-order valence-electron chi connectivity index (χ4n) is 1.99. The topological polar surface area (TPSA) is 77.9 Å². The lowest BCUT2D eigenvalue weighted by atomic mass is 10.1. The Morgan fingerprint density at radius 1 is 1.39 bits per heavy atom. The first-order chi connectivity index (χ1) is 8.11. The van der Waals surface area contributed by atoms with E-state index < -0.39 is 21.7 Å². The van der Waals surface area contributed by atoms with E-state index in [1.54, 1.807) is 0 Å². The van der Waals surface area contributed by atoms with Gasteiger partial charge in [0.2, 0.25) is 0 Å². The van der Waals surface area contributed by atoms with Crippen molar-refractivity contribution in [3.63, 3.8) is 0 Å². The lowest BCUT2D eigenvalue weighted by molar-refractivity contribution is -0.146. The third-order valence-electron chi connectivity index (χ3n) is 3.70. The van der Waals surface area contributed by atoms with Crippen LogP contribution in [0.2, 0.25) is 0 Å². The van der Waals surface area contributed by atoms with Gasteiger partial charge in [0.15, 0.2) is 0 Å². The molecule has 1 N–H and O–H groups in total. The van der Waals surface area contributed by atoms with Crippen LogP contribution in [-0.4, -0.2) is 53.3 Å². The molecule has 0 aromatic carbocycles. The summed E-state index contributed by atoms with van der Waals surface area (Å²) in [5, 5.41) is 9.11. The number of hydrogen-bond donors (Lipinski definition) is 1. The molecule has 1 atom stereocenters. The summed E-state index contributed by atoms with van der Waals surface area (Å²) in [6.07, 6.45) is 2.66. The summed E-state index contributed by atoms with van der Waals surface area (Å²) >= 11 is 0. The average Bonchev–Trinajstić information content (AvgIpc) is 2.28. The summed E-state index contributed by atoms with van der Waals surface area (Å²) in [5.41, 5.74) is -1.45. The molecule has 0 aliphatic carbocycles. The Morgan fingerprint density at radius 2 is 1.94 bits per heavy atom. The summed E-state index contributed by atoms with van der Waals surface area (Å²) < 4.78 is 27.2. The van der Waals surface area contributed by atoms with E-state index in [1.165, 1.54) is 25.2 Å². The summed E-state index contributed by atoms with van der Waals surface area (Å²) in [6, 6.07) is -0.0733. The Morgan fingerprint density at radius 3 is 2.39 bits per heavy atom. The van der Waals surface area contributed by atoms with Crippen molar-refractivity contribution in [2.45, 2.75) is 51.6 Å². The van der Waals surface area contributed by atoms with Gasteiger partial charge in [0.05, 0.1) is 0 Å². The molecular weight excluding hydrogens is 256 g/mol. The predicted octanol–water partition coefficient (Wildman–Crippen LogP) is 0.901. The Hall–Kier alpha value is -0.660. The fraction of sp³-hybridized carbons (Fsp3) is 0.909. The van der Waals surface area contributed by atoms with Gasteiger partial charge >= 0.3 is 5.97 Å². The lowest BCUT2D eigenvalue weighted by Crippen LogP contribution is -2.57. The predicted molar refractivity (Wildman–Crippen MR) is 68.4 cm³/mol. The summed E-state index contributed by atoms with van der Waals surface area (Å²) in [6.45, 7) is 5.10. The van der Waals surface area contributed by atoms with Crippen LogP contribution in [0.5, 0.6) is 0 Å². The molecule has 7 heteroatoms. The number of carboxylic acids is 1. The molecule has 18 heavy (non-hydrogen) atoms. The average molecular weight is 278 g/mol. The molecule has 0 aromatic rings. The molecule has 6 nitrogen and oxygen atoms in total. The van der Waals surface area contributed by atoms with Gasteiger partial charge in [0.25, 0.3) is 10.2 Å². The molecule has 0 saturated carbocycles. The van der Waals surface area contributed by atoms with E-state index >= 15 is 0 Å². The molecule has 0 bridgehead atoms. The minimum Gasteiger partial charge on any atom is -0.480 e. The first kappa shape index (κ1) is 15.4. The number of carboxylic acid groups (broad SMARTS) is 1. The molecule has 1 heterocycles. The standard InChI is InChI=1S/C11H22N2O4S/c1-9-7-5-6-8-13(9)18(16,17)12(4)11(2,3)10(14)15/h9H,5-8H2,1-4H3,(H,14,15). The van der Waals surface area contributed by atoms with Crippen molar-refractivity contribution >= 4 is 16.2 Å². The van der Waals surface area contributed by atoms with Crippen molar-refractivity contribution in [1.82, 2.24) is 8.61 Å². The van der Waals surface area contributed by atoms with Gasteiger partial charge in [-0.25, -0.2) is 0 Å². The number of likely N-dealkylation sites (N-methyl/N-ethyl adjacent to an activating group) is 1. The van der Waals surface area contributed by atoms with Crippen LogP contribution >= 0.6 is 0 Å². The Kier molecular flexibility index (Phi) is 4.40. The van der Waals surface area contributed by atoms with Gasteiger partial charge in [-0.1, -0.05) is 6.42 Å². The van der Waals surface area contributed by atoms with Gasteiger partial charge in [0.1, 0.15) is 5.54 Å². The highest BCUT2D eigenvalue weighted by molar-refractivity contribution is 7.86. The zero-order valence-electron chi connectivity index (χ0n) is 11.4. The maximum Gasteiger partial charge on any atom is 0.324 e. The second kappa shape index (κ2) is 5.14. The minimum atomic E-state index is -3.73. The van der Waals surface area contributed by atoms with Crippen LogP contribution in [0.1, 0.15) is 40.0 Å². The number of aliphatic carboxylic acids is 1. The van der Waals surface area contributed by atoms with Crippen molar-refractivity contribution in [2.75, 3.05) is 13.6 Å². The van der Waals surface area contributed by atoms with Gasteiger partial charge in [-0.05, 0) is 33.6 Å². The maximum atomic E-state index is 12.4. The molecule has 1 unspecified atom stereocenters. The quantitative estimate of drug-likeness (QED) is 0.829. The zero-order valence-corrected chi connectivity index (χ0v) is 12.2. The van der Waals surface area contributed by atoms with Crippen LogP contribution in [0.4, 0.5) is 0 Å². The molecule has 0 spiro atoms. The number of piperidine rings is 1. The van der Waals surface area contributed by atoms with Crippen molar-refractivity contribution in [2.24, 2.45) is 0 Å². The van der Waals surface area contributed by atoms with Crippen molar-refractivity contribution < 1.29 is 18.3 Å². The van der Waals surface area contributed by atoms with Crippen LogP contribution in [0.3, 0.4) is 0 Å². The van der Waals surface area contributed by atoms with Crippen LogP contribution in [0.15, 0.2) is 0 Å². The van der Waals surface area contributed by atoms with Gasteiger partial charge in [-0.2, -0.15) is 17.0 Å². The highest BCUT2D eigenvalue weighted by Gasteiger charge is 2.43. The second-order valence-corrected chi connectivity index (χ2v) is 7.21. The second-order valence-electron chi connectivity index (χ2n) is 5.29. The first-order valence-corrected chi connectivity index (χ1v) is 7.50. The Balaban J connectivity index is 3.02. The van der Waals surface area contributed by atoms with Gasteiger partial charge in [0, 0.05) is 19.6 Å². The summed E-state index contributed by atoms with van der Waals surface area (Å²) in [5.74, 6) is -1.15. The van der Waals surface area contributed by atoms with Crippen molar-refractivity contribution in [3.05, 3.63) is 0 Å². The molecule has 106 valence electrons. The van der Waals surface area contributed by atoms with E-state index in [9.17, 15) is 13.2 Å². The van der Waals surface area contributed by atoms with Gasteiger partial charge < -0.3 is 5.11 Å². The molecule has 0 amide bonds. The largest absolute Gasteiger partial charge is 0.480 e. The first-order valence-electron chi connectivity index (χ1n) is 6.11. The van der Waals surface area contributed by atoms with E-state index in [4.69, 9.17) is 5.11 Å². The van der Waals surface area contributed by atoms with Crippen LogP contribution in [0, 0.1) is 0 Å². The van der Waals surface area contributed by atoms with Crippen LogP contribution in [-0.2, 0) is 15.0 Å². The minimum absolute atomic E-state index is 0.0733. The molecule has 0 radical (unpaired) electrons. The molecule has 1 fully saturated rings. The normalized spacial score (nSPS) is 23.3. The van der Waals surface area contributed by atoms with Gasteiger partial charge in [-0.3, -0.25) is 4.79 Å². The number of nitrogens with zero attached hydrogens (tertiary/aromatic N) is 2. The monoisotopic (exact) mass is 278 g/mol. The summed E-state index contributed by atoms with van der Waals surface area (Å²) in [4.78, 5) is 11.1. The van der Waals surface area contributed by atoms with Crippen molar-refractivity contribution in [1.29, 1.82) is 0 Å². The molecule has 1 rings (SSSR count). The zero-order chi connectivity index (χ0) is 14.1. The Bertz CT molecular complexity index is 419. The van der Waals surface area contributed by atoms with Crippen molar-refractivity contribution in [3.8, 4) is 0 Å². The SMILES string of the molecule is CC1CCCCN1S(=O)(=O)N(C)C(C)(C)C(=O)O. The smallest absolute Gasteiger partial charge is 0.324 e. The Labute approximate surface area is 109 Å². The van der Waals surface area contributed by atoms with E-state index in [2.05, 4.69) is 0 Å². The molecule has 1 saturated heterocycles. The highest BCUT2D eigenvalue weighted by Crippen LogP contribution is 2.25. The van der Waals surface area contributed by atoms with Crippen LogP contribution < -0.4 is 0 Å². The third-order valence-corrected chi connectivity index (χ3v) is 5.98. The maximum absolute atomic E-state index is 12.4. The fourth-order valence-corrected chi connectivity index (χ4v) is 3.88.